The molecule has 1 heterocycles. The van der Waals surface area contributed by atoms with E-state index in [1.807, 2.05) is 74.5 Å². The van der Waals surface area contributed by atoms with Gasteiger partial charge >= 0.3 is 6.09 Å². The maximum absolute atomic E-state index is 13.8. The topological polar surface area (TPSA) is 145 Å². The molecule has 3 amide bonds. The lowest BCUT2D eigenvalue weighted by Crippen LogP contribution is -2.57. The van der Waals surface area contributed by atoms with Gasteiger partial charge in [-0.05, 0) is 50.8 Å². The molecule has 3 aromatic rings. The second-order valence-corrected chi connectivity index (χ2v) is 13.3. The molecule has 3 rings (SSSR count). The second-order valence-electron chi connectivity index (χ2n) is 12.2. The zero-order valence-corrected chi connectivity index (χ0v) is 26.9. The summed E-state index contributed by atoms with van der Waals surface area (Å²) in [4.78, 5) is 48.2. The number of carbonyl (C=O) groups is 3. The summed E-state index contributed by atoms with van der Waals surface area (Å²) in [5.74, 6) is -0.401. The number of aromatic amines is 1. The number of benzene rings is 2. The van der Waals surface area contributed by atoms with Gasteiger partial charge in [-0.2, -0.15) is 0 Å². The van der Waals surface area contributed by atoms with Gasteiger partial charge in [0.2, 0.25) is 11.8 Å². The number of aliphatic hydroxyl groups excluding tert-OH is 1. The van der Waals surface area contributed by atoms with Crippen molar-refractivity contribution < 1.29 is 24.2 Å². The van der Waals surface area contributed by atoms with Gasteiger partial charge in [-0.25, -0.2) is 9.78 Å². The van der Waals surface area contributed by atoms with Crippen LogP contribution in [-0.4, -0.2) is 68.6 Å². The molecule has 0 aliphatic carbocycles. The first-order valence-electron chi connectivity index (χ1n) is 14.9. The first-order valence-corrected chi connectivity index (χ1v) is 15.9. The second kappa shape index (κ2) is 16.9. The number of rotatable bonds is 15. The third-order valence-corrected chi connectivity index (χ3v) is 7.70. The monoisotopic (exact) mass is 623 g/mol. The van der Waals surface area contributed by atoms with Crippen molar-refractivity contribution in [3.63, 3.8) is 0 Å². The molecule has 0 saturated heterocycles. The average Bonchev–Trinajstić information content (AvgIpc) is 3.48. The molecule has 0 radical (unpaired) electrons. The van der Waals surface area contributed by atoms with Crippen LogP contribution in [0.5, 0.6) is 0 Å². The van der Waals surface area contributed by atoms with Gasteiger partial charge in [0.15, 0.2) is 0 Å². The van der Waals surface area contributed by atoms with Crippen LogP contribution in [0.2, 0.25) is 0 Å². The molecule has 10 nitrogen and oxygen atoms in total. The predicted molar refractivity (Wildman–Crippen MR) is 172 cm³/mol. The van der Waals surface area contributed by atoms with Gasteiger partial charge in [0.25, 0.3) is 0 Å². The van der Waals surface area contributed by atoms with E-state index in [4.69, 9.17) is 4.74 Å². The Balaban J connectivity index is 1.78. The third-order valence-electron chi connectivity index (χ3n) is 6.58. The lowest BCUT2D eigenvalue weighted by Gasteiger charge is -2.29. The van der Waals surface area contributed by atoms with E-state index in [2.05, 4.69) is 25.9 Å². The van der Waals surface area contributed by atoms with Crippen LogP contribution in [0.25, 0.3) is 0 Å². The van der Waals surface area contributed by atoms with Gasteiger partial charge in [-0.15, -0.1) is 11.8 Å². The number of carbonyl (C=O) groups excluding carboxylic acids is 3. The van der Waals surface area contributed by atoms with Crippen LogP contribution in [0.3, 0.4) is 0 Å². The van der Waals surface area contributed by atoms with Gasteiger partial charge < -0.3 is 30.8 Å². The van der Waals surface area contributed by atoms with E-state index in [0.717, 1.165) is 10.5 Å². The molecular weight excluding hydrogens is 578 g/mol. The summed E-state index contributed by atoms with van der Waals surface area (Å²) in [7, 11) is 0. The summed E-state index contributed by atoms with van der Waals surface area (Å²) in [6.07, 6.45) is 2.39. The smallest absolute Gasteiger partial charge is 0.408 e. The molecule has 0 fully saturated rings. The summed E-state index contributed by atoms with van der Waals surface area (Å²) < 4.78 is 5.41. The SMILES string of the molecule is CC(C)C[C@@H](NC(=O)[C@H](Cc1cnc[nH]1)NC(=O)[C@H](Cc1ccccc1)NC(=O)OC(C)(C)C)[C@H](O)CSc1ccccc1. The number of alkyl carbamates (subject to hydrolysis) is 1. The highest BCUT2D eigenvalue weighted by molar-refractivity contribution is 7.99. The van der Waals surface area contributed by atoms with E-state index in [9.17, 15) is 19.5 Å². The molecule has 0 aliphatic rings. The van der Waals surface area contributed by atoms with E-state index in [0.29, 0.717) is 17.9 Å². The molecule has 0 saturated carbocycles. The first kappa shape index (κ1) is 34.7. The molecule has 4 atom stereocenters. The number of aliphatic hydroxyl groups is 1. The van der Waals surface area contributed by atoms with Crippen LogP contribution in [0.4, 0.5) is 4.79 Å². The minimum atomic E-state index is -1.01. The fraction of sp³-hybridized carbons (Fsp3) is 0.455. The van der Waals surface area contributed by atoms with E-state index in [1.54, 1.807) is 27.0 Å². The first-order chi connectivity index (χ1) is 20.9. The Hall–Kier alpha value is -3.83. The minimum absolute atomic E-state index is 0.130. The molecule has 44 heavy (non-hydrogen) atoms. The van der Waals surface area contributed by atoms with Crippen LogP contribution in [-0.2, 0) is 27.2 Å². The summed E-state index contributed by atoms with van der Waals surface area (Å²) in [6.45, 7) is 9.27. The summed E-state index contributed by atoms with van der Waals surface area (Å²) in [5, 5.41) is 19.6. The number of nitrogens with zero attached hydrogens (tertiary/aromatic N) is 1. The van der Waals surface area contributed by atoms with Gasteiger partial charge in [-0.3, -0.25) is 9.59 Å². The van der Waals surface area contributed by atoms with Gasteiger partial charge in [0.1, 0.15) is 17.7 Å². The Morgan fingerprint density at radius 1 is 0.909 bits per heavy atom. The lowest BCUT2D eigenvalue weighted by atomic mass is 9.99. The molecule has 0 unspecified atom stereocenters. The quantitative estimate of drug-likeness (QED) is 0.159. The highest BCUT2D eigenvalue weighted by atomic mass is 32.2. The standard InChI is InChI=1S/C33H45N5O5S/c1-22(2)16-26(29(39)20-44-25-14-10-7-11-15-25)36-31(41)28(18-24-19-34-21-35-24)37-30(40)27(17-23-12-8-6-9-13-23)38-32(42)43-33(3,4)5/h6-15,19,21-22,26-29,39H,16-18,20H2,1-5H3,(H,34,35)(H,36,41)(H,37,40)(H,38,42)/t26-,27+,28+,29-/m1/s1. The van der Waals surface area contributed by atoms with Crippen molar-refractivity contribution in [2.45, 2.75) is 88.6 Å². The fourth-order valence-electron chi connectivity index (χ4n) is 4.52. The van der Waals surface area contributed by atoms with Crippen molar-refractivity contribution in [2.75, 3.05) is 5.75 Å². The minimum Gasteiger partial charge on any atom is -0.444 e. The fourth-order valence-corrected chi connectivity index (χ4v) is 5.47. The number of nitrogens with one attached hydrogen (secondary N) is 4. The highest BCUT2D eigenvalue weighted by Crippen LogP contribution is 2.21. The maximum Gasteiger partial charge on any atom is 0.408 e. The Kier molecular flexibility index (Phi) is 13.3. The van der Waals surface area contributed by atoms with Crippen LogP contribution < -0.4 is 16.0 Å². The normalized spacial score (nSPS) is 14.2. The Morgan fingerprint density at radius 2 is 1.52 bits per heavy atom. The molecule has 11 heteroatoms. The predicted octanol–water partition coefficient (Wildman–Crippen LogP) is 4.26. The molecule has 0 aliphatic heterocycles. The van der Waals surface area contributed by atoms with E-state index in [1.165, 1.54) is 18.1 Å². The third kappa shape index (κ3) is 12.4. The number of aromatic nitrogens is 2. The van der Waals surface area contributed by atoms with Crippen molar-refractivity contribution in [3.8, 4) is 0 Å². The van der Waals surface area contributed by atoms with E-state index in [-0.39, 0.29) is 18.8 Å². The Labute approximate surface area is 264 Å². The van der Waals surface area contributed by atoms with Gasteiger partial charge in [0, 0.05) is 35.4 Å². The number of H-pyrrole nitrogens is 1. The molecular formula is C33H45N5O5S. The number of hydrogen-bond acceptors (Lipinski definition) is 7. The van der Waals surface area contributed by atoms with E-state index < -0.39 is 47.7 Å². The molecule has 2 aromatic carbocycles. The molecule has 0 spiro atoms. The molecule has 5 N–H and O–H groups in total. The number of thioether (sulfide) groups is 1. The average molecular weight is 624 g/mol. The number of amides is 3. The largest absolute Gasteiger partial charge is 0.444 e. The zero-order valence-electron chi connectivity index (χ0n) is 26.1. The number of ether oxygens (including phenoxy) is 1. The molecule has 1 aromatic heterocycles. The summed E-state index contributed by atoms with van der Waals surface area (Å²) >= 11 is 1.51. The van der Waals surface area contributed by atoms with Gasteiger partial charge in [0.05, 0.1) is 18.5 Å². The molecule has 0 bridgehead atoms. The van der Waals surface area contributed by atoms with Crippen molar-refractivity contribution in [2.24, 2.45) is 5.92 Å². The van der Waals surface area contributed by atoms with Gasteiger partial charge in [-0.1, -0.05) is 62.4 Å². The summed E-state index contributed by atoms with van der Waals surface area (Å²) in [5.41, 5.74) is 0.714. The maximum atomic E-state index is 13.8. The van der Waals surface area contributed by atoms with Crippen LogP contribution in [0.1, 0.15) is 52.3 Å². The highest BCUT2D eigenvalue weighted by Gasteiger charge is 2.31. The van der Waals surface area contributed by atoms with Crippen molar-refractivity contribution in [1.82, 2.24) is 25.9 Å². The van der Waals surface area contributed by atoms with Crippen LogP contribution >= 0.6 is 11.8 Å². The molecule has 238 valence electrons. The number of hydrogen-bond donors (Lipinski definition) is 5. The number of imidazole rings is 1. The van der Waals surface area contributed by atoms with Crippen molar-refractivity contribution in [1.29, 1.82) is 0 Å². The van der Waals surface area contributed by atoms with Crippen LogP contribution in [0, 0.1) is 5.92 Å². The van der Waals surface area contributed by atoms with Crippen molar-refractivity contribution >= 4 is 29.7 Å². The van der Waals surface area contributed by atoms with E-state index >= 15 is 0 Å². The van der Waals surface area contributed by atoms with Crippen LogP contribution in [0.15, 0.2) is 78.1 Å². The zero-order chi connectivity index (χ0) is 32.1. The van der Waals surface area contributed by atoms with Crippen molar-refractivity contribution in [3.05, 3.63) is 84.4 Å². The Morgan fingerprint density at radius 3 is 2.11 bits per heavy atom. The lowest BCUT2D eigenvalue weighted by molar-refractivity contribution is -0.130. The Bertz CT molecular complexity index is 1300. The summed E-state index contributed by atoms with van der Waals surface area (Å²) in [6, 6.07) is 16.5.